The Kier molecular flexibility index (Phi) is 4.08. The van der Waals surface area contributed by atoms with Gasteiger partial charge in [0.1, 0.15) is 0 Å². The Morgan fingerprint density at radius 2 is 2.10 bits per heavy atom. The van der Waals surface area contributed by atoms with Gasteiger partial charge in [-0.2, -0.15) is 5.10 Å². The lowest BCUT2D eigenvalue weighted by Crippen LogP contribution is -2.08. The summed E-state index contributed by atoms with van der Waals surface area (Å²) in [6, 6.07) is 5.94. The van der Waals surface area contributed by atoms with Crippen LogP contribution in [0.5, 0.6) is 0 Å². The van der Waals surface area contributed by atoms with Gasteiger partial charge in [-0.05, 0) is 31.5 Å². The number of nitrogens with one attached hydrogen (secondary N) is 2. The van der Waals surface area contributed by atoms with E-state index < -0.39 is 0 Å². The Morgan fingerprint density at radius 1 is 1.35 bits per heavy atom. The minimum absolute atomic E-state index is 0.0617. The van der Waals surface area contributed by atoms with Gasteiger partial charge in [-0.1, -0.05) is 6.07 Å². The van der Waals surface area contributed by atoms with Crippen molar-refractivity contribution in [1.82, 2.24) is 9.78 Å². The van der Waals surface area contributed by atoms with Crippen molar-refractivity contribution in [2.45, 2.75) is 27.3 Å². The summed E-state index contributed by atoms with van der Waals surface area (Å²) < 4.78 is 1.86. The van der Waals surface area contributed by atoms with E-state index in [1.54, 1.807) is 0 Å². The predicted octanol–water partition coefficient (Wildman–Crippen LogP) is 2.61. The zero-order chi connectivity index (χ0) is 14.7. The van der Waals surface area contributed by atoms with Crippen LogP contribution in [-0.2, 0) is 18.4 Å². The van der Waals surface area contributed by atoms with Gasteiger partial charge in [0.05, 0.1) is 6.20 Å². The normalized spacial score (nSPS) is 10.4. The zero-order valence-corrected chi connectivity index (χ0v) is 12.3. The van der Waals surface area contributed by atoms with Gasteiger partial charge < -0.3 is 10.6 Å². The van der Waals surface area contributed by atoms with E-state index in [1.165, 1.54) is 6.92 Å². The molecule has 0 aliphatic heterocycles. The number of aryl methyl sites for hydroxylation is 2. The number of anilines is 2. The van der Waals surface area contributed by atoms with E-state index in [0.29, 0.717) is 6.54 Å². The average molecular weight is 272 g/mol. The molecule has 0 spiro atoms. The van der Waals surface area contributed by atoms with Crippen LogP contribution in [0.2, 0.25) is 0 Å². The van der Waals surface area contributed by atoms with E-state index in [0.717, 1.165) is 28.2 Å². The van der Waals surface area contributed by atoms with Crippen molar-refractivity contribution in [3.8, 4) is 0 Å². The molecule has 0 atom stereocenters. The molecule has 1 aromatic heterocycles. The molecule has 1 aromatic carbocycles. The van der Waals surface area contributed by atoms with Crippen molar-refractivity contribution in [3.05, 3.63) is 41.2 Å². The Balaban J connectivity index is 2.10. The molecule has 5 nitrogen and oxygen atoms in total. The molecule has 0 aliphatic carbocycles. The van der Waals surface area contributed by atoms with E-state index in [-0.39, 0.29) is 5.91 Å². The van der Waals surface area contributed by atoms with Crippen LogP contribution in [0, 0.1) is 13.8 Å². The van der Waals surface area contributed by atoms with Crippen LogP contribution in [0.4, 0.5) is 11.4 Å². The molecule has 1 amide bonds. The quantitative estimate of drug-likeness (QED) is 0.899. The smallest absolute Gasteiger partial charge is 0.221 e. The number of carbonyl (C=O) groups excluding carboxylic acids is 1. The van der Waals surface area contributed by atoms with Crippen molar-refractivity contribution in [2.75, 3.05) is 10.6 Å². The predicted molar refractivity (Wildman–Crippen MR) is 80.8 cm³/mol. The average Bonchev–Trinajstić information content (AvgIpc) is 2.70. The van der Waals surface area contributed by atoms with Crippen LogP contribution >= 0.6 is 0 Å². The molecule has 2 N–H and O–H groups in total. The second kappa shape index (κ2) is 5.77. The zero-order valence-electron chi connectivity index (χ0n) is 12.3. The minimum atomic E-state index is -0.0617. The number of hydrogen-bond acceptors (Lipinski definition) is 3. The van der Waals surface area contributed by atoms with Crippen LogP contribution in [0.15, 0.2) is 24.4 Å². The van der Waals surface area contributed by atoms with E-state index in [1.807, 2.05) is 50.0 Å². The summed E-state index contributed by atoms with van der Waals surface area (Å²) in [7, 11) is 1.93. The highest BCUT2D eigenvalue weighted by Gasteiger charge is 2.05. The Morgan fingerprint density at radius 3 is 2.70 bits per heavy atom. The number of rotatable bonds is 4. The summed E-state index contributed by atoms with van der Waals surface area (Å²) in [5.41, 5.74) is 5.16. The lowest BCUT2D eigenvalue weighted by atomic mass is 10.1. The van der Waals surface area contributed by atoms with Crippen molar-refractivity contribution in [3.63, 3.8) is 0 Å². The summed E-state index contributed by atoms with van der Waals surface area (Å²) in [6.07, 6.45) is 1.87. The summed E-state index contributed by atoms with van der Waals surface area (Å²) in [5.74, 6) is -0.0617. The summed E-state index contributed by atoms with van der Waals surface area (Å²) in [4.78, 5) is 11.2. The Hall–Kier alpha value is -2.30. The van der Waals surface area contributed by atoms with E-state index in [9.17, 15) is 4.79 Å². The Bertz CT molecular complexity index is 631. The van der Waals surface area contributed by atoms with Crippen LogP contribution in [-0.4, -0.2) is 15.7 Å². The third kappa shape index (κ3) is 3.17. The van der Waals surface area contributed by atoms with Gasteiger partial charge in [0.15, 0.2) is 0 Å². The van der Waals surface area contributed by atoms with Gasteiger partial charge >= 0.3 is 0 Å². The number of carbonyl (C=O) groups is 1. The monoisotopic (exact) mass is 272 g/mol. The number of aromatic nitrogens is 2. The topological polar surface area (TPSA) is 59.0 Å². The third-order valence-corrected chi connectivity index (χ3v) is 3.37. The lowest BCUT2D eigenvalue weighted by Gasteiger charge is -2.11. The van der Waals surface area contributed by atoms with E-state index in [2.05, 4.69) is 15.7 Å². The minimum Gasteiger partial charge on any atom is -0.381 e. The first-order valence-corrected chi connectivity index (χ1v) is 6.57. The molecule has 0 aliphatic rings. The molecule has 1 heterocycles. The fourth-order valence-corrected chi connectivity index (χ4v) is 1.97. The van der Waals surface area contributed by atoms with Crippen molar-refractivity contribution in [1.29, 1.82) is 0 Å². The highest BCUT2D eigenvalue weighted by atomic mass is 16.1. The fourth-order valence-electron chi connectivity index (χ4n) is 1.97. The van der Waals surface area contributed by atoms with E-state index in [4.69, 9.17) is 0 Å². The summed E-state index contributed by atoms with van der Waals surface area (Å²) >= 11 is 0. The van der Waals surface area contributed by atoms with Crippen LogP contribution in [0.25, 0.3) is 0 Å². The highest BCUT2D eigenvalue weighted by Crippen LogP contribution is 2.21. The SMILES string of the molecule is CC(=O)Nc1cc(NCc2cnn(C)c2C)ccc1C. The lowest BCUT2D eigenvalue weighted by molar-refractivity contribution is -0.114. The van der Waals surface area contributed by atoms with Crippen molar-refractivity contribution in [2.24, 2.45) is 7.05 Å². The molecule has 2 rings (SSSR count). The van der Waals surface area contributed by atoms with Crippen LogP contribution < -0.4 is 10.6 Å². The molecule has 0 bridgehead atoms. The molecule has 0 saturated heterocycles. The summed E-state index contributed by atoms with van der Waals surface area (Å²) in [5, 5.41) is 10.4. The molecule has 0 saturated carbocycles. The second-order valence-corrected chi connectivity index (χ2v) is 4.94. The number of nitrogens with zero attached hydrogens (tertiary/aromatic N) is 2. The molecule has 5 heteroatoms. The number of benzene rings is 1. The first kappa shape index (κ1) is 14.1. The highest BCUT2D eigenvalue weighted by molar-refractivity contribution is 5.90. The number of amides is 1. The molecular formula is C15H20N4O. The molecule has 106 valence electrons. The van der Waals surface area contributed by atoms with Crippen LogP contribution in [0.1, 0.15) is 23.7 Å². The maximum atomic E-state index is 11.2. The molecule has 0 fully saturated rings. The first-order valence-electron chi connectivity index (χ1n) is 6.57. The largest absolute Gasteiger partial charge is 0.381 e. The fraction of sp³-hybridized carbons (Fsp3) is 0.333. The van der Waals surface area contributed by atoms with Crippen LogP contribution in [0.3, 0.4) is 0 Å². The maximum Gasteiger partial charge on any atom is 0.221 e. The van der Waals surface area contributed by atoms with Gasteiger partial charge in [0.2, 0.25) is 5.91 Å². The van der Waals surface area contributed by atoms with Gasteiger partial charge in [0.25, 0.3) is 0 Å². The molecule has 0 radical (unpaired) electrons. The number of hydrogen-bond donors (Lipinski definition) is 2. The standard InChI is InChI=1S/C15H20N4O/c1-10-5-6-14(7-15(10)18-12(3)20)16-8-13-9-17-19(4)11(13)2/h5-7,9,16H,8H2,1-4H3,(H,18,20). The molecule has 0 unspecified atom stereocenters. The molecular weight excluding hydrogens is 252 g/mol. The molecule has 20 heavy (non-hydrogen) atoms. The molecule has 2 aromatic rings. The van der Waals surface area contributed by atoms with Gasteiger partial charge in [-0.25, -0.2) is 0 Å². The van der Waals surface area contributed by atoms with E-state index >= 15 is 0 Å². The third-order valence-electron chi connectivity index (χ3n) is 3.37. The van der Waals surface area contributed by atoms with Crippen molar-refractivity contribution < 1.29 is 4.79 Å². The summed E-state index contributed by atoms with van der Waals surface area (Å²) in [6.45, 7) is 6.24. The Labute approximate surface area is 119 Å². The van der Waals surface area contributed by atoms with Gasteiger partial charge in [-0.15, -0.1) is 0 Å². The van der Waals surface area contributed by atoms with Gasteiger partial charge in [0, 0.05) is 43.1 Å². The second-order valence-electron chi connectivity index (χ2n) is 4.94. The first-order chi connectivity index (χ1) is 9.47. The van der Waals surface area contributed by atoms with Gasteiger partial charge in [-0.3, -0.25) is 9.48 Å². The maximum absolute atomic E-state index is 11.2. The van der Waals surface area contributed by atoms with Crippen molar-refractivity contribution >= 4 is 17.3 Å².